The fourth-order valence-electron chi connectivity index (χ4n) is 3.18. The molecule has 0 spiro atoms. The third-order valence-electron chi connectivity index (χ3n) is 4.86. The fourth-order valence-corrected chi connectivity index (χ4v) is 3.68. The van der Waals surface area contributed by atoms with E-state index in [1.165, 1.54) is 22.5 Å². The topological polar surface area (TPSA) is 102 Å². The van der Waals surface area contributed by atoms with Gasteiger partial charge in [0.2, 0.25) is 5.91 Å². The molecule has 2 heterocycles. The van der Waals surface area contributed by atoms with Crippen LogP contribution < -0.4 is 16.3 Å². The monoisotopic (exact) mass is 486 g/mol. The quantitative estimate of drug-likeness (QED) is 0.350. The number of carbonyl (C=O) groups is 1. The molecule has 0 bridgehead atoms. The van der Waals surface area contributed by atoms with Crippen molar-refractivity contribution in [3.63, 3.8) is 0 Å². The number of thioether (sulfide) groups is 1. The van der Waals surface area contributed by atoms with Gasteiger partial charge in [-0.2, -0.15) is 0 Å². The molecule has 33 heavy (non-hydrogen) atoms. The molecule has 0 aliphatic carbocycles. The average molecular weight is 487 g/mol. The number of carbonyl (C=O) groups excluding carboxylic acids is 1. The Labute approximate surface area is 202 Å². The molecule has 0 radical (unpaired) electrons. The second kappa shape index (κ2) is 11.3. The molecule has 0 fully saturated rings. The number of amides is 1. The molecule has 3 aromatic rings. The number of aryl methyl sites for hydroxylation is 1. The van der Waals surface area contributed by atoms with E-state index in [0.717, 1.165) is 5.56 Å². The van der Waals surface area contributed by atoms with Crippen LogP contribution in [0.3, 0.4) is 0 Å². The Kier molecular flexibility index (Phi) is 8.46. The van der Waals surface area contributed by atoms with E-state index in [2.05, 4.69) is 39.4 Å². The van der Waals surface area contributed by atoms with Crippen molar-refractivity contribution in [2.75, 3.05) is 11.6 Å². The van der Waals surface area contributed by atoms with Gasteiger partial charge < -0.3 is 15.2 Å². The van der Waals surface area contributed by atoms with Gasteiger partial charge in [-0.15, -0.1) is 0 Å². The Bertz CT molecular complexity index is 1170. The van der Waals surface area contributed by atoms with Crippen molar-refractivity contribution in [1.29, 1.82) is 0 Å². The third-order valence-corrected chi connectivity index (χ3v) is 5.66. The van der Waals surface area contributed by atoms with Gasteiger partial charge >= 0.3 is 5.69 Å². The predicted molar refractivity (Wildman–Crippen MR) is 132 cm³/mol. The number of hydrogen-bond donors (Lipinski definition) is 2. The van der Waals surface area contributed by atoms with Crippen LogP contribution >= 0.6 is 23.4 Å². The number of nitrogens with zero attached hydrogens (tertiary/aromatic N) is 4. The molecule has 2 aromatic heterocycles. The SMILES string of the molecule is CSc1nc(NC(CC(C)C)C(=O)NCc2ccc(Cl)cc2)cc(-c2cnc(=O)n(C)c2)n1. The smallest absolute Gasteiger partial charge is 0.347 e. The van der Waals surface area contributed by atoms with Crippen LogP contribution in [0.5, 0.6) is 0 Å². The first kappa shape index (κ1) is 24.7. The molecule has 1 unspecified atom stereocenters. The molecular formula is C23H27ClN6O2S. The Morgan fingerprint density at radius 3 is 2.58 bits per heavy atom. The van der Waals surface area contributed by atoms with E-state index < -0.39 is 6.04 Å². The maximum atomic E-state index is 13.0. The van der Waals surface area contributed by atoms with E-state index in [-0.39, 0.29) is 17.5 Å². The summed E-state index contributed by atoms with van der Waals surface area (Å²) >= 11 is 7.33. The van der Waals surface area contributed by atoms with Crippen LogP contribution in [-0.4, -0.2) is 37.7 Å². The Balaban J connectivity index is 1.82. The van der Waals surface area contributed by atoms with Gasteiger partial charge in [-0.3, -0.25) is 4.79 Å². The molecule has 0 saturated heterocycles. The number of anilines is 1. The summed E-state index contributed by atoms with van der Waals surface area (Å²) in [4.78, 5) is 37.6. The van der Waals surface area contributed by atoms with Crippen molar-refractivity contribution in [3.05, 3.63) is 63.8 Å². The van der Waals surface area contributed by atoms with Gasteiger partial charge in [0, 0.05) is 42.6 Å². The van der Waals surface area contributed by atoms with Crippen LogP contribution in [0.1, 0.15) is 25.8 Å². The maximum absolute atomic E-state index is 13.0. The van der Waals surface area contributed by atoms with Crippen LogP contribution in [0, 0.1) is 5.92 Å². The van der Waals surface area contributed by atoms with Crippen LogP contribution in [0.2, 0.25) is 5.02 Å². The summed E-state index contributed by atoms with van der Waals surface area (Å²) in [5.41, 5.74) is 1.92. The van der Waals surface area contributed by atoms with E-state index in [1.54, 1.807) is 31.4 Å². The molecule has 0 aliphatic rings. The lowest BCUT2D eigenvalue weighted by molar-refractivity contribution is -0.122. The lowest BCUT2D eigenvalue weighted by atomic mass is 10.0. The highest BCUT2D eigenvalue weighted by molar-refractivity contribution is 7.98. The Hall–Kier alpha value is -2.91. The van der Waals surface area contributed by atoms with Gasteiger partial charge in [-0.25, -0.2) is 19.7 Å². The van der Waals surface area contributed by atoms with Gasteiger partial charge in [-0.05, 0) is 36.3 Å². The fraction of sp³-hybridized carbons (Fsp3) is 0.348. The highest BCUT2D eigenvalue weighted by Crippen LogP contribution is 2.23. The molecule has 10 heteroatoms. The van der Waals surface area contributed by atoms with Crippen LogP contribution in [0.4, 0.5) is 5.82 Å². The molecule has 1 aromatic carbocycles. The first-order valence-electron chi connectivity index (χ1n) is 10.5. The van der Waals surface area contributed by atoms with E-state index in [1.807, 2.05) is 18.4 Å². The highest BCUT2D eigenvalue weighted by Gasteiger charge is 2.21. The van der Waals surface area contributed by atoms with Crippen molar-refractivity contribution in [1.82, 2.24) is 24.8 Å². The predicted octanol–water partition coefficient (Wildman–Crippen LogP) is 3.76. The van der Waals surface area contributed by atoms with Crippen molar-refractivity contribution in [3.8, 4) is 11.3 Å². The standard InChI is InChI=1S/C23H27ClN6O2S/c1-14(2)9-19(21(31)25-11-15-5-7-17(24)8-6-15)27-20-10-18(28-22(29-20)33-4)16-12-26-23(32)30(3)13-16/h5-8,10,12-14,19H,9,11H2,1-4H3,(H,25,31)(H,27,28,29). The van der Waals surface area contributed by atoms with Crippen LogP contribution in [0.25, 0.3) is 11.3 Å². The third kappa shape index (κ3) is 7.03. The minimum atomic E-state index is -0.479. The summed E-state index contributed by atoms with van der Waals surface area (Å²) in [6.45, 7) is 4.53. The zero-order chi connectivity index (χ0) is 24.0. The molecule has 3 rings (SSSR count). The van der Waals surface area contributed by atoms with Gasteiger partial charge in [-0.1, -0.05) is 49.3 Å². The first-order chi connectivity index (χ1) is 15.7. The van der Waals surface area contributed by atoms with Crippen molar-refractivity contribution in [2.24, 2.45) is 13.0 Å². The lowest BCUT2D eigenvalue weighted by Crippen LogP contribution is -2.40. The second-order valence-electron chi connectivity index (χ2n) is 8.03. The van der Waals surface area contributed by atoms with Gasteiger partial charge in [0.1, 0.15) is 11.9 Å². The molecule has 1 atom stereocenters. The number of halogens is 1. The number of rotatable bonds is 9. The zero-order valence-corrected chi connectivity index (χ0v) is 20.6. The van der Waals surface area contributed by atoms with Crippen molar-refractivity contribution >= 4 is 35.1 Å². The molecule has 0 saturated carbocycles. The summed E-state index contributed by atoms with van der Waals surface area (Å²) in [5, 5.41) is 7.48. The van der Waals surface area contributed by atoms with Gasteiger partial charge in [0.05, 0.1) is 5.69 Å². The average Bonchev–Trinajstić information content (AvgIpc) is 2.79. The van der Waals surface area contributed by atoms with E-state index in [0.29, 0.717) is 40.2 Å². The molecular weight excluding hydrogens is 460 g/mol. The van der Waals surface area contributed by atoms with Gasteiger partial charge in [0.25, 0.3) is 0 Å². The molecule has 0 aliphatic heterocycles. The molecule has 2 N–H and O–H groups in total. The van der Waals surface area contributed by atoms with Crippen molar-refractivity contribution in [2.45, 2.75) is 38.0 Å². The summed E-state index contributed by atoms with van der Waals surface area (Å²) in [5.74, 6) is 0.705. The second-order valence-corrected chi connectivity index (χ2v) is 9.24. The number of aromatic nitrogens is 4. The maximum Gasteiger partial charge on any atom is 0.347 e. The zero-order valence-electron chi connectivity index (χ0n) is 19.0. The molecule has 174 valence electrons. The Morgan fingerprint density at radius 1 is 1.21 bits per heavy atom. The van der Waals surface area contributed by atoms with Crippen LogP contribution in [-0.2, 0) is 18.4 Å². The largest absolute Gasteiger partial charge is 0.358 e. The first-order valence-corrected chi connectivity index (χ1v) is 12.1. The summed E-state index contributed by atoms with van der Waals surface area (Å²) in [7, 11) is 1.64. The minimum absolute atomic E-state index is 0.117. The molecule has 1 amide bonds. The normalized spacial score (nSPS) is 11.9. The highest BCUT2D eigenvalue weighted by atomic mass is 35.5. The van der Waals surface area contributed by atoms with Crippen molar-refractivity contribution < 1.29 is 4.79 Å². The summed E-state index contributed by atoms with van der Waals surface area (Å²) in [6.07, 6.45) is 5.67. The van der Waals surface area contributed by atoms with E-state index in [9.17, 15) is 9.59 Å². The summed E-state index contributed by atoms with van der Waals surface area (Å²) in [6, 6.07) is 8.65. The lowest BCUT2D eigenvalue weighted by Gasteiger charge is -2.21. The van der Waals surface area contributed by atoms with E-state index >= 15 is 0 Å². The number of hydrogen-bond acceptors (Lipinski definition) is 7. The molecule has 8 nitrogen and oxygen atoms in total. The Morgan fingerprint density at radius 2 is 1.94 bits per heavy atom. The van der Waals surface area contributed by atoms with Crippen LogP contribution in [0.15, 0.2) is 52.7 Å². The van der Waals surface area contributed by atoms with E-state index in [4.69, 9.17) is 11.6 Å². The summed E-state index contributed by atoms with van der Waals surface area (Å²) < 4.78 is 1.40. The minimum Gasteiger partial charge on any atom is -0.358 e. The number of benzene rings is 1. The van der Waals surface area contributed by atoms with Gasteiger partial charge in [0.15, 0.2) is 5.16 Å². The number of nitrogens with one attached hydrogen (secondary N) is 2.